The largest absolute Gasteiger partial charge is 0.550 e. The van der Waals surface area contributed by atoms with Gasteiger partial charge >= 0.3 is 6.09 Å². The highest BCUT2D eigenvalue weighted by atomic mass is 16.6. The van der Waals surface area contributed by atoms with Crippen LogP contribution in [0.15, 0.2) is 24.3 Å². The van der Waals surface area contributed by atoms with E-state index >= 15 is 0 Å². The summed E-state index contributed by atoms with van der Waals surface area (Å²) < 4.78 is 5.14. The minimum absolute atomic E-state index is 0.303. The summed E-state index contributed by atoms with van der Waals surface area (Å²) >= 11 is 0. The third kappa shape index (κ3) is 5.73. The number of aryl methyl sites for hydroxylation is 1. The Kier molecular flexibility index (Phi) is 5.13. The van der Waals surface area contributed by atoms with Gasteiger partial charge in [0.25, 0.3) is 0 Å². The number of aliphatic carboxylic acids is 1. The fourth-order valence-electron chi connectivity index (χ4n) is 1.76. The molecule has 0 aliphatic rings. The number of hydrogen-bond donors (Lipinski definition) is 1. The molecule has 0 aliphatic carbocycles. The van der Waals surface area contributed by atoms with Gasteiger partial charge in [0.2, 0.25) is 0 Å². The van der Waals surface area contributed by atoms with E-state index in [1.165, 1.54) is 0 Å². The standard InChI is InChI=1S/C15H21NO4/c1-10-6-5-7-11(8-10)12(9-13(17)18)16-14(19)20-15(2,3)4/h5-8,12H,9H2,1-4H3,(H,16,19)(H,17,18)/p-1/t12-/m0/s1. The normalized spacial score (nSPS) is 12.6. The number of ether oxygens (including phenoxy) is 1. The van der Waals surface area contributed by atoms with Crippen molar-refractivity contribution in [3.8, 4) is 0 Å². The van der Waals surface area contributed by atoms with Gasteiger partial charge in [-0.2, -0.15) is 0 Å². The molecule has 0 heterocycles. The lowest BCUT2D eigenvalue weighted by molar-refractivity contribution is -0.306. The summed E-state index contributed by atoms with van der Waals surface area (Å²) in [4.78, 5) is 22.6. The molecule has 1 aromatic carbocycles. The van der Waals surface area contributed by atoms with E-state index in [0.717, 1.165) is 5.56 Å². The molecule has 0 bridgehead atoms. The Morgan fingerprint density at radius 3 is 2.50 bits per heavy atom. The van der Waals surface area contributed by atoms with Crippen LogP contribution in [0.25, 0.3) is 0 Å². The monoisotopic (exact) mass is 278 g/mol. The second kappa shape index (κ2) is 6.41. The molecule has 1 N–H and O–H groups in total. The molecule has 0 aromatic heterocycles. The smallest absolute Gasteiger partial charge is 0.408 e. The summed E-state index contributed by atoms with van der Waals surface area (Å²) in [6.07, 6.45) is -0.951. The molecule has 110 valence electrons. The first-order valence-corrected chi connectivity index (χ1v) is 6.43. The molecule has 5 heteroatoms. The predicted molar refractivity (Wildman–Crippen MR) is 72.9 cm³/mol. The zero-order chi connectivity index (χ0) is 15.3. The van der Waals surface area contributed by atoms with E-state index in [1.807, 2.05) is 25.1 Å². The van der Waals surface area contributed by atoms with E-state index in [1.54, 1.807) is 26.8 Å². The summed E-state index contributed by atoms with van der Waals surface area (Å²) in [5.41, 5.74) is 1.06. The highest BCUT2D eigenvalue weighted by Crippen LogP contribution is 2.19. The number of amides is 1. The summed E-state index contributed by atoms with van der Waals surface area (Å²) in [6, 6.07) is 6.62. The van der Waals surface area contributed by atoms with Gasteiger partial charge in [-0.15, -0.1) is 0 Å². The van der Waals surface area contributed by atoms with Crippen LogP contribution in [0.4, 0.5) is 4.79 Å². The Labute approximate surface area is 118 Å². The number of hydrogen-bond acceptors (Lipinski definition) is 4. The summed E-state index contributed by atoms with van der Waals surface area (Å²) in [5.74, 6) is -1.23. The summed E-state index contributed by atoms with van der Waals surface area (Å²) in [7, 11) is 0. The third-order valence-electron chi connectivity index (χ3n) is 2.51. The third-order valence-corrected chi connectivity index (χ3v) is 2.51. The molecule has 1 atom stereocenters. The number of carboxylic acid groups (broad SMARTS) is 1. The van der Waals surface area contributed by atoms with E-state index in [-0.39, 0.29) is 6.42 Å². The van der Waals surface area contributed by atoms with Crippen LogP contribution in [0, 0.1) is 6.92 Å². The average Bonchev–Trinajstić information content (AvgIpc) is 2.24. The minimum Gasteiger partial charge on any atom is -0.550 e. The van der Waals surface area contributed by atoms with Crippen molar-refractivity contribution in [3.63, 3.8) is 0 Å². The highest BCUT2D eigenvalue weighted by Gasteiger charge is 2.20. The van der Waals surface area contributed by atoms with Gasteiger partial charge in [0.15, 0.2) is 0 Å². The highest BCUT2D eigenvalue weighted by molar-refractivity contribution is 5.71. The lowest BCUT2D eigenvalue weighted by Crippen LogP contribution is -2.37. The molecule has 0 unspecified atom stereocenters. The lowest BCUT2D eigenvalue weighted by Gasteiger charge is -2.24. The molecule has 1 aromatic rings. The van der Waals surface area contributed by atoms with Crippen molar-refractivity contribution < 1.29 is 19.4 Å². The first-order chi connectivity index (χ1) is 9.17. The van der Waals surface area contributed by atoms with Crippen LogP contribution in [0.1, 0.15) is 44.4 Å². The molecule has 1 rings (SSSR count). The number of benzene rings is 1. The number of carboxylic acids is 1. The maximum absolute atomic E-state index is 11.8. The predicted octanol–water partition coefficient (Wildman–Crippen LogP) is 1.70. The van der Waals surface area contributed by atoms with E-state index in [9.17, 15) is 14.7 Å². The Balaban J connectivity index is 2.85. The van der Waals surface area contributed by atoms with Crippen LogP contribution in [-0.4, -0.2) is 17.7 Å². The fourth-order valence-corrected chi connectivity index (χ4v) is 1.76. The Bertz CT molecular complexity index is 491. The van der Waals surface area contributed by atoms with Gasteiger partial charge in [-0.05, 0) is 33.3 Å². The molecule has 0 aliphatic heterocycles. The van der Waals surface area contributed by atoms with Crippen LogP contribution >= 0.6 is 0 Å². The van der Waals surface area contributed by atoms with Crippen molar-refractivity contribution >= 4 is 12.1 Å². The van der Waals surface area contributed by atoms with E-state index < -0.39 is 23.7 Å². The Morgan fingerprint density at radius 2 is 2.00 bits per heavy atom. The second-order valence-corrected chi connectivity index (χ2v) is 5.69. The molecular weight excluding hydrogens is 258 g/mol. The Morgan fingerprint density at radius 1 is 1.35 bits per heavy atom. The van der Waals surface area contributed by atoms with Gasteiger partial charge < -0.3 is 20.0 Å². The van der Waals surface area contributed by atoms with Gasteiger partial charge in [-0.3, -0.25) is 0 Å². The SMILES string of the molecule is Cc1cccc([C@H](CC(=O)[O-])NC(=O)OC(C)(C)C)c1. The van der Waals surface area contributed by atoms with Crippen LogP contribution < -0.4 is 10.4 Å². The molecule has 0 saturated carbocycles. The molecule has 20 heavy (non-hydrogen) atoms. The number of rotatable bonds is 4. The number of carbonyl (C=O) groups excluding carboxylic acids is 2. The number of alkyl carbamates (subject to hydrolysis) is 1. The molecule has 0 saturated heterocycles. The van der Waals surface area contributed by atoms with Crippen LogP contribution in [0.3, 0.4) is 0 Å². The number of nitrogens with one attached hydrogen (secondary N) is 1. The van der Waals surface area contributed by atoms with Gasteiger partial charge in [0.05, 0.1) is 6.04 Å². The lowest BCUT2D eigenvalue weighted by atomic mass is 10.0. The fraction of sp³-hybridized carbons (Fsp3) is 0.467. The van der Waals surface area contributed by atoms with Crippen LogP contribution in [-0.2, 0) is 9.53 Å². The van der Waals surface area contributed by atoms with Crippen molar-refractivity contribution in [2.45, 2.75) is 45.8 Å². The quantitative estimate of drug-likeness (QED) is 0.909. The van der Waals surface area contributed by atoms with Crippen molar-refractivity contribution in [2.75, 3.05) is 0 Å². The molecule has 0 spiro atoms. The van der Waals surface area contributed by atoms with Gasteiger partial charge in [-0.25, -0.2) is 4.79 Å². The number of carbonyl (C=O) groups is 2. The topological polar surface area (TPSA) is 78.5 Å². The van der Waals surface area contributed by atoms with Crippen molar-refractivity contribution in [3.05, 3.63) is 35.4 Å². The molecule has 0 fully saturated rings. The molecular formula is C15H20NO4-. The van der Waals surface area contributed by atoms with E-state index in [2.05, 4.69) is 5.32 Å². The van der Waals surface area contributed by atoms with Crippen molar-refractivity contribution in [1.29, 1.82) is 0 Å². The summed E-state index contributed by atoms with van der Waals surface area (Å²) in [6.45, 7) is 7.13. The first-order valence-electron chi connectivity index (χ1n) is 6.43. The van der Waals surface area contributed by atoms with E-state index in [4.69, 9.17) is 4.74 Å². The van der Waals surface area contributed by atoms with Gasteiger partial charge in [-0.1, -0.05) is 29.8 Å². The van der Waals surface area contributed by atoms with Crippen LogP contribution in [0.5, 0.6) is 0 Å². The zero-order valence-electron chi connectivity index (χ0n) is 12.2. The summed E-state index contributed by atoms with van der Waals surface area (Å²) in [5, 5.41) is 13.4. The first kappa shape index (κ1) is 16.0. The van der Waals surface area contributed by atoms with Crippen LogP contribution in [0.2, 0.25) is 0 Å². The average molecular weight is 278 g/mol. The van der Waals surface area contributed by atoms with E-state index in [0.29, 0.717) is 5.56 Å². The van der Waals surface area contributed by atoms with Crippen molar-refractivity contribution in [1.82, 2.24) is 5.32 Å². The molecule has 5 nitrogen and oxygen atoms in total. The van der Waals surface area contributed by atoms with Crippen molar-refractivity contribution in [2.24, 2.45) is 0 Å². The van der Waals surface area contributed by atoms with Gasteiger partial charge in [0, 0.05) is 12.4 Å². The maximum atomic E-state index is 11.8. The van der Waals surface area contributed by atoms with Gasteiger partial charge in [0.1, 0.15) is 5.60 Å². The Hall–Kier alpha value is -2.04. The molecule has 0 radical (unpaired) electrons. The zero-order valence-corrected chi connectivity index (χ0v) is 12.2. The second-order valence-electron chi connectivity index (χ2n) is 5.69. The minimum atomic E-state index is -1.23. The molecule has 1 amide bonds. The maximum Gasteiger partial charge on any atom is 0.408 e.